The number of hydrogen-bond donors (Lipinski definition) is 0. The average molecular weight is 570 g/mol. The second-order valence-electron chi connectivity index (χ2n) is 8.98. The number of methoxy groups -OCH3 is 1. The molecule has 0 fully saturated rings. The molecular weight excluding hydrogens is 548 g/mol. The molecule has 0 bridgehead atoms. The quantitative estimate of drug-likeness (QED) is 0.282. The van der Waals surface area contributed by atoms with E-state index in [1.54, 1.807) is 12.1 Å². The summed E-state index contributed by atoms with van der Waals surface area (Å²) in [7, 11) is 5.12. The lowest BCUT2D eigenvalue weighted by Crippen LogP contribution is -2.39. The maximum atomic E-state index is 14.7. The zero-order valence-electron chi connectivity index (χ0n) is 21.1. The zero-order chi connectivity index (χ0) is 27.8. The monoisotopic (exact) mass is 569 g/mol. The van der Waals surface area contributed by atoms with Crippen LogP contribution >= 0.6 is 22.9 Å². The first kappa shape index (κ1) is 26.7. The number of rotatable bonds is 7. The first-order chi connectivity index (χ1) is 18.7. The van der Waals surface area contributed by atoms with Crippen LogP contribution in [-0.2, 0) is 13.1 Å². The van der Waals surface area contributed by atoms with Crippen LogP contribution in [0.4, 0.5) is 8.78 Å². The van der Waals surface area contributed by atoms with E-state index >= 15 is 0 Å². The van der Waals surface area contributed by atoms with E-state index in [0.717, 1.165) is 27.1 Å². The number of thiophene rings is 1. The Balaban J connectivity index is 1.89. The standard InChI is InChI=1S/C27H22ClF2N5O3S/c1-33(2)13-18-23-25(36)35(21-11-12-22(38-3)32-31-21)27(37)34(14-17-19(29)5-4-6-20(17)30)26(23)39-24(18)15-7-9-16(28)10-8-15/h4-12H,13-14H2,1-3H3. The Morgan fingerprint density at radius 1 is 0.974 bits per heavy atom. The van der Waals surface area contributed by atoms with Crippen LogP contribution < -0.4 is 16.0 Å². The lowest BCUT2D eigenvalue weighted by molar-refractivity contribution is 0.391. The Morgan fingerprint density at radius 3 is 2.26 bits per heavy atom. The van der Waals surface area contributed by atoms with Crippen LogP contribution in [-0.4, -0.2) is 45.4 Å². The minimum Gasteiger partial charge on any atom is -0.480 e. The second kappa shape index (κ2) is 10.7. The molecule has 0 saturated heterocycles. The minimum atomic E-state index is -0.810. The number of halogens is 3. The van der Waals surface area contributed by atoms with Gasteiger partial charge in [-0.2, -0.15) is 0 Å². The van der Waals surface area contributed by atoms with E-state index in [4.69, 9.17) is 16.3 Å². The fourth-order valence-corrected chi connectivity index (χ4v) is 5.72. The van der Waals surface area contributed by atoms with Crippen molar-refractivity contribution in [3.63, 3.8) is 0 Å². The van der Waals surface area contributed by atoms with Crippen LogP contribution in [0.25, 0.3) is 26.5 Å². The maximum Gasteiger partial charge on any atom is 0.338 e. The van der Waals surface area contributed by atoms with Gasteiger partial charge in [0.1, 0.15) is 16.5 Å². The van der Waals surface area contributed by atoms with E-state index in [0.29, 0.717) is 17.1 Å². The molecule has 3 aromatic heterocycles. The van der Waals surface area contributed by atoms with E-state index in [1.165, 1.54) is 41.2 Å². The highest BCUT2D eigenvalue weighted by molar-refractivity contribution is 7.22. The van der Waals surface area contributed by atoms with Crippen molar-refractivity contribution in [1.82, 2.24) is 24.2 Å². The number of nitrogens with zero attached hydrogens (tertiary/aromatic N) is 5. The van der Waals surface area contributed by atoms with Gasteiger partial charge in [0.2, 0.25) is 5.88 Å². The van der Waals surface area contributed by atoms with Crippen molar-refractivity contribution in [3.8, 4) is 22.1 Å². The van der Waals surface area contributed by atoms with Gasteiger partial charge in [0.05, 0.1) is 19.0 Å². The molecule has 0 atom stereocenters. The highest BCUT2D eigenvalue weighted by Crippen LogP contribution is 2.38. The molecule has 0 aliphatic carbocycles. The van der Waals surface area contributed by atoms with Crippen molar-refractivity contribution >= 4 is 33.2 Å². The summed E-state index contributed by atoms with van der Waals surface area (Å²) in [6.45, 7) is -0.0898. The molecule has 0 aliphatic heterocycles. The summed E-state index contributed by atoms with van der Waals surface area (Å²) in [4.78, 5) is 30.8. The number of aromatic nitrogens is 4. The van der Waals surface area contributed by atoms with Crippen molar-refractivity contribution in [2.45, 2.75) is 13.1 Å². The Hall–Kier alpha value is -3.93. The third kappa shape index (κ3) is 4.96. The molecule has 0 N–H and O–H groups in total. The summed E-state index contributed by atoms with van der Waals surface area (Å²) in [6, 6.07) is 13.5. The molecule has 200 valence electrons. The molecule has 0 unspecified atom stereocenters. The van der Waals surface area contributed by atoms with Crippen molar-refractivity contribution in [2.75, 3.05) is 21.2 Å². The van der Waals surface area contributed by atoms with Gasteiger partial charge in [0.25, 0.3) is 5.56 Å². The van der Waals surface area contributed by atoms with Gasteiger partial charge in [-0.05, 0) is 55.6 Å². The number of hydrogen-bond acceptors (Lipinski definition) is 7. The normalized spacial score (nSPS) is 11.5. The molecule has 3 heterocycles. The molecule has 0 saturated carbocycles. The molecule has 39 heavy (non-hydrogen) atoms. The highest BCUT2D eigenvalue weighted by atomic mass is 35.5. The number of fused-ring (bicyclic) bond motifs is 1. The van der Waals surface area contributed by atoms with E-state index in [9.17, 15) is 18.4 Å². The van der Waals surface area contributed by atoms with Gasteiger partial charge in [-0.15, -0.1) is 21.5 Å². The minimum absolute atomic E-state index is 0.0505. The van der Waals surface area contributed by atoms with E-state index in [2.05, 4.69) is 10.2 Å². The zero-order valence-corrected chi connectivity index (χ0v) is 22.7. The molecule has 0 aliphatic rings. The van der Waals surface area contributed by atoms with E-state index < -0.39 is 29.4 Å². The van der Waals surface area contributed by atoms with Crippen LogP contribution in [0, 0.1) is 11.6 Å². The number of benzene rings is 2. The van der Waals surface area contributed by atoms with Crippen molar-refractivity contribution in [1.29, 1.82) is 0 Å². The lowest BCUT2D eigenvalue weighted by Gasteiger charge is -2.14. The van der Waals surface area contributed by atoms with Crippen molar-refractivity contribution in [3.05, 3.63) is 103 Å². The summed E-state index contributed by atoms with van der Waals surface area (Å²) >= 11 is 7.31. The molecule has 2 aromatic carbocycles. The number of ether oxygens (including phenoxy) is 1. The first-order valence-corrected chi connectivity index (χ1v) is 12.9. The lowest BCUT2D eigenvalue weighted by atomic mass is 10.1. The van der Waals surface area contributed by atoms with Gasteiger partial charge >= 0.3 is 5.69 Å². The van der Waals surface area contributed by atoms with E-state index in [-0.39, 0.29) is 27.5 Å². The van der Waals surface area contributed by atoms with Gasteiger partial charge < -0.3 is 9.64 Å². The van der Waals surface area contributed by atoms with Crippen LogP contribution in [0.2, 0.25) is 5.02 Å². The van der Waals surface area contributed by atoms with Crippen molar-refractivity contribution in [2.24, 2.45) is 0 Å². The molecule has 0 radical (unpaired) electrons. The summed E-state index contributed by atoms with van der Waals surface area (Å²) in [5.41, 5.74) is -0.292. The Bertz CT molecular complexity index is 1780. The summed E-state index contributed by atoms with van der Waals surface area (Å²) in [5, 5.41) is 8.68. The maximum absolute atomic E-state index is 14.7. The Labute approximate surface area is 230 Å². The summed E-state index contributed by atoms with van der Waals surface area (Å²) in [6.07, 6.45) is 0. The predicted octanol–water partition coefficient (Wildman–Crippen LogP) is 4.72. The SMILES string of the molecule is COc1ccc(-n2c(=O)c3c(CN(C)C)c(-c4ccc(Cl)cc4)sc3n(Cc3c(F)cccc3F)c2=O)nn1. The molecule has 5 rings (SSSR count). The summed E-state index contributed by atoms with van der Waals surface area (Å²) < 4.78 is 36.6. The molecule has 5 aromatic rings. The Kier molecular flexibility index (Phi) is 7.30. The molecule has 0 spiro atoms. The van der Waals surface area contributed by atoms with Gasteiger partial charge in [0.15, 0.2) is 5.82 Å². The van der Waals surface area contributed by atoms with E-state index in [1.807, 2.05) is 31.1 Å². The van der Waals surface area contributed by atoms with Crippen LogP contribution in [0.3, 0.4) is 0 Å². The topological polar surface area (TPSA) is 82.2 Å². The van der Waals surface area contributed by atoms with Gasteiger partial charge in [0, 0.05) is 28.1 Å². The molecular formula is C27H22ClF2N5O3S. The smallest absolute Gasteiger partial charge is 0.338 e. The van der Waals surface area contributed by atoms with Gasteiger partial charge in [-0.1, -0.05) is 29.8 Å². The first-order valence-electron chi connectivity index (χ1n) is 11.7. The second-order valence-corrected chi connectivity index (χ2v) is 10.4. The fraction of sp³-hybridized carbons (Fsp3) is 0.185. The fourth-order valence-electron chi connectivity index (χ4n) is 4.29. The molecule has 8 nitrogen and oxygen atoms in total. The third-order valence-electron chi connectivity index (χ3n) is 6.10. The third-order valence-corrected chi connectivity index (χ3v) is 7.65. The molecule has 0 amide bonds. The van der Waals surface area contributed by atoms with Crippen LogP contribution in [0.15, 0.2) is 64.2 Å². The molecule has 12 heteroatoms. The van der Waals surface area contributed by atoms with Gasteiger partial charge in [-0.25, -0.2) is 18.1 Å². The van der Waals surface area contributed by atoms with Crippen LogP contribution in [0.1, 0.15) is 11.1 Å². The Morgan fingerprint density at radius 2 is 1.67 bits per heavy atom. The predicted molar refractivity (Wildman–Crippen MR) is 147 cm³/mol. The highest BCUT2D eigenvalue weighted by Gasteiger charge is 2.25. The summed E-state index contributed by atoms with van der Waals surface area (Å²) in [5.74, 6) is -1.47. The van der Waals surface area contributed by atoms with Crippen molar-refractivity contribution < 1.29 is 13.5 Å². The van der Waals surface area contributed by atoms with Gasteiger partial charge in [-0.3, -0.25) is 9.36 Å². The largest absolute Gasteiger partial charge is 0.480 e. The van der Waals surface area contributed by atoms with Crippen LogP contribution in [0.5, 0.6) is 5.88 Å². The average Bonchev–Trinajstić information content (AvgIpc) is 3.27.